The number of ether oxygens (including phenoxy) is 3. The molecule has 10 nitrogen and oxygen atoms in total. The van der Waals surface area contributed by atoms with Crippen LogP contribution in [0, 0.1) is 0 Å². The lowest BCUT2D eigenvalue weighted by atomic mass is 9.92. The summed E-state index contributed by atoms with van der Waals surface area (Å²) < 4.78 is 17.4. The summed E-state index contributed by atoms with van der Waals surface area (Å²) in [5.74, 6) is 0. The lowest BCUT2D eigenvalue weighted by Gasteiger charge is -2.36. The molecule has 0 radical (unpaired) electrons. The summed E-state index contributed by atoms with van der Waals surface area (Å²) in [6.45, 7) is 19.8. The molecule has 10 heteroatoms. The predicted octanol–water partition coefficient (Wildman–Crippen LogP) is 8.11. The van der Waals surface area contributed by atoms with Gasteiger partial charge >= 0.3 is 18.3 Å². The Balaban J connectivity index is 1.48. The van der Waals surface area contributed by atoms with Crippen LogP contribution in [0.15, 0.2) is 54.6 Å². The van der Waals surface area contributed by atoms with E-state index >= 15 is 0 Å². The second-order valence-corrected chi connectivity index (χ2v) is 16.3. The van der Waals surface area contributed by atoms with Crippen molar-refractivity contribution in [3.8, 4) is 0 Å². The minimum Gasteiger partial charge on any atom is -0.444 e. The summed E-state index contributed by atoms with van der Waals surface area (Å²) in [6, 6.07) is 19.5. The lowest BCUT2D eigenvalue weighted by molar-refractivity contribution is 0.00450. The second-order valence-electron chi connectivity index (χ2n) is 16.3. The van der Waals surface area contributed by atoms with Gasteiger partial charge < -0.3 is 28.9 Å². The highest BCUT2D eigenvalue weighted by Gasteiger charge is 2.30. The predicted molar refractivity (Wildman–Crippen MR) is 199 cm³/mol. The number of hydrogen-bond acceptors (Lipinski definition) is 7. The Morgan fingerprint density at radius 1 is 0.500 bits per heavy atom. The lowest BCUT2D eigenvalue weighted by Crippen LogP contribution is -2.51. The molecule has 50 heavy (non-hydrogen) atoms. The smallest absolute Gasteiger partial charge is 0.410 e. The summed E-state index contributed by atoms with van der Waals surface area (Å²) in [7, 11) is 0. The average Bonchev–Trinajstić information content (AvgIpc) is 2.99. The van der Waals surface area contributed by atoms with Gasteiger partial charge in [-0.1, -0.05) is 54.6 Å². The Bertz CT molecular complexity index is 1760. The highest BCUT2D eigenvalue weighted by molar-refractivity contribution is 6.23. The Morgan fingerprint density at radius 2 is 0.860 bits per heavy atom. The zero-order valence-electron chi connectivity index (χ0n) is 31.3. The van der Waals surface area contributed by atoms with Gasteiger partial charge in [-0.05, 0) is 100 Å². The molecule has 1 aliphatic heterocycles. The van der Waals surface area contributed by atoms with E-state index in [1.54, 1.807) is 14.7 Å². The van der Waals surface area contributed by atoms with Gasteiger partial charge in [0.2, 0.25) is 0 Å². The second kappa shape index (κ2) is 14.5. The van der Waals surface area contributed by atoms with E-state index < -0.39 is 35.1 Å². The van der Waals surface area contributed by atoms with Crippen molar-refractivity contribution >= 4 is 50.6 Å². The zero-order valence-corrected chi connectivity index (χ0v) is 31.3. The molecule has 0 N–H and O–H groups in total. The number of benzene rings is 4. The maximum absolute atomic E-state index is 13.5. The molecule has 270 valence electrons. The van der Waals surface area contributed by atoms with Crippen LogP contribution in [0.2, 0.25) is 0 Å². The van der Waals surface area contributed by atoms with Crippen LogP contribution in [-0.2, 0) is 20.8 Å². The molecule has 0 aromatic heterocycles. The van der Waals surface area contributed by atoms with Crippen molar-refractivity contribution in [1.82, 2.24) is 19.6 Å². The molecular formula is C40H54N4O6. The summed E-state index contributed by atoms with van der Waals surface area (Å²) in [5, 5.41) is 7.33. The van der Waals surface area contributed by atoms with E-state index in [1.165, 1.54) is 37.9 Å². The van der Waals surface area contributed by atoms with Crippen molar-refractivity contribution in [2.75, 3.05) is 52.4 Å². The Morgan fingerprint density at radius 3 is 1.28 bits per heavy atom. The molecule has 0 atom stereocenters. The van der Waals surface area contributed by atoms with Gasteiger partial charge in [0.25, 0.3) is 0 Å². The number of nitrogens with zero attached hydrogens (tertiary/aromatic N) is 4. The van der Waals surface area contributed by atoms with Gasteiger partial charge in [-0.15, -0.1) is 0 Å². The fraction of sp³-hybridized carbons (Fsp3) is 0.525. The SMILES string of the molecule is CC(C)(C)OC(=O)N1CCN(Cc2ccc3ccc4cccc5ccc2c3c45)CCN(C(=O)OC(C)(C)C)CCN(C(=O)OC(C)(C)C)CC1. The molecule has 0 spiro atoms. The molecule has 4 aromatic carbocycles. The molecule has 0 unspecified atom stereocenters. The highest BCUT2D eigenvalue weighted by Crippen LogP contribution is 2.36. The van der Waals surface area contributed by atoms with Crippen LogP contribution < -0.4 is 0 Å². The zero-order chi connectivity index (χ0) is 36.4. The largest absolute Gasteiger partial charge is 0.444 e. The van der Waals surface area contributed by atoms with E-state index in [0.29, 0.717) is 32.7 Å². The van der Waals surface area contributed by atoms with Crippen molar-refractivity contribution in [2.45, 2.75) is 85.7 Å². The van der Waals surface area contributed by atoms with Gasteiger partial charge in [-0.3, -0.25) is 4.90 Å². The highest BCUT2D eigenvalue weighted by atomic mass is 16.6. The third-order valence-corrected chi connectivity index (χ3v) is 8.62. The van der Waals surface area contributed by atoms with Crippen molar-refractivity contribution in [3.63, 3.8) is 0 Å². The number of hydrogen-bond donors (Lipinski definition) is 0. The first-order valence-electron chi connectivity index (χ1n) is 17.7. The minimum atomic E-state index is -0.706. The molecule has 1 aliphatic rings. The van der Waals surface area contributed by atoms with Gasteiger partial charge in [0, 0.05) is 58.9 Å². The van der Waals surface area contributed by atoms with Crippen LogP contribution >= 0.6 is 0 Å². The normalized spacial score (nSPS) is 16.4. The summed E-state index contributed by atoms with van der Waals surface area (Å²) in [5.41, 5.74) is -0.893. The topological polar surface area (TPSA) is 91.9 Å². The summed E-state index contributed by atoms with van der Waals surface area (Å²) in [4.78, 5) is 47.6. The molecule has 5 rings (SSSR count). The van der Waals surface area contributed by atoms with Gasteiger partial charge in [0.1, 0.15) is 16.8 Å². The first-order valence-corrected chi connectivity index (χ1v) is 17.7. The van der Waals surface area contributed by atoms with Crippen molar-refractivity contribution in [1.29, 1.82) is 0 Å². The van der Waals surface area contributed by atoms with Gasteiger partial charge in [-0.25, -0.2) is 14.4 Å². The number of amides is 3. The van der Waals surface area contributed by atoms with Crippen molar-refractivity contribution in [2.24, 2.45) is 0 Å². The van der Waals surface area contributed by atoms with Crippen LogP contribution in [-0.4, -0.2) is 107 Å². The van der Waals surface area contributed by atoms with Gasteiger partial charge in [0.05, 0.1) is 0 Å². The number of rotatable bonds is 2. The van der Waals surface area contributed by atoms with E-state index in [2.05, 4.69) is 59.5 Å². The van der Waals surface area contributed by atoms with Crippen molar-refractivity contribution < 1.29 is 28.6 Å². The summed E-state index contributed by atoms with van der Waals surface area (Å²) >= 11 is 0. The molecule has 1 fully saturated rings. The molecule has 1 heterocycles. The Hall–Kier alpha value is -4.31. The Labute approximate surface area is 296 Å². The molecule has 4 aromatic rings. The van der Waals surface area contributed by atoms with Crippen LogP contribution in [0.3, 0.4) is 0 Å². The van der Waals surface area contributed by atoms with Crippen LogP contribution in [0.25, 0.3) is 32.3 Å². The third-order valence-electron chi connectivity index (χ3n) is 8.62. The number of carbonyl (C=O) groups is 3. The fourth-order valence-electron chi connectivity index (χ4n) is 6.31. The van der Waals surface area contributed by atoms with E-state index in [9.17, 15) is 14.4 Å². The quantitative estimate of drug-likeness (QED) is 0.155. The molecule has 0 saturated carbocycles. The van der Waals surface area contributed by atoms with Gasteiger partial charge in [-0.2, -0.15) is 0 Å². The van der Waals surface area contributed by atoms with Crippen molar-refractivity contribution in [3.05, 3.63) is 60.2 Å². The maximum atomic E-state index is 13.5. The standard InChI is InChI=1S/C40H54N4O6/c1-38(2,3)48-35(45)42-21-19-41(27-31-16-15-30-14-13-28-11-10-12-29-17-18-32(31)34(30)33(28)29)20-22-43(36(46)49-39(4,5)6)24-26-44(25-23-42)37(47)50-40(7,8)9/h10-18H,19-27H2,1-9H3. The van der Waals surface area contributed by atoms with E-state index in [0.717, 1.165) is 0 Å². The molecule has 0 aliphatic carbocycles. The van der Waals surface area contributed by atoms with E-state index in [4.69, 9.17) is 14.2 Å². The van der Waals surface area contributed by atoms with Crippen LogP contribution in [0.1, 0.15) is 67.9 Å². The molecule has 3 amide bonds. The fourth-order valence-corrected chi connectivity index (χ4v) is 6.31. The van der Waals surface area contributed by atoms with Crippen LogP contribution in [0.5, 0.6) is 0 Å². The molecule has 0 bridgehead atoms. The molecule has 1 saturated heterocycles. The maximum Gasteiger partial charge on any atom is 0.410 e. The first kappa shape index (κ1) is 37.0. The van der Waals surface area contributed by atoms with Crippen LogP contribution in [0.4, 0.5) is 14.4 Å². The van der Waals surface area contributed by atoms with Gasteiger partial charge in [0.15, 0.2) is 0 Å². The monoisotopic (exact) mass is 686 g/mol. The third kappa shape index (κ3) is 9.47. The first-order chi connectivity index (χ1) is 23.4. The van der Waals surface area contributed by atoms with E-state index in [-0.39, 0.29) is 26.2 Å². The number of carbonyl (C=O) groups excluding carboxylic acids is 3. The minimum absolute atomic E-state index is 0.214. The Kier molecular flexibility index (Phi) is 10.7. The summed E-state index contributed by atoms with van der Waals surface area (Å²) in [6.07, 6.45) is -1.37. The molecular weight excluding hydrogens is 632 g/mol. The average molecular weight is 687 g/mol. The van der Waals surface area contributed by atoms with E-state index in [1.807, 2.05) is 62.3 Å².